The van der Waals surface area contributed by atoms with Crippen molar-refractivity contribution in [2.24, 2.45) is 0 Å². The summed E-state index contributed by atoms with van der Waals surface area (Å²) in [5, 5.41) is 3.58. The molecule has 1 saturated heterocycles. The number of ether oxygens (including phenoxy) is 2. The molecule has 0 bridgehead atoms. The highest BCUT2D eigenvalue weighted by molar-refractivity contribution is 5.36. The predicted molar refractivity (Wildman–Crippen MR) is 82.2 cm³/mol. The molecule has 2 atom stereocenters. The van der Waals surface area contributed by atoms with Gasteiger partial charge in [-0.05, 0) is 38.3 Å². The van der Waals surface area contributed by atoms with Gasteiger partial charge in [0.1, 0.15) is 5.75 Å². The van der Waals surface area contributed by atoms with E-state index < -0.39 is 0 Å². The number of benzene rings is 1. The van der Waals surface area contributed by atoms with E-state index in [4.69, 9.17) is 9.47 Å². The number of nitrogens with one attached hydrogen (secondary N) is 1. The van der Waals surface area contributed by atoms with Crippen LogP contribution in [0.15, 0.2) is 24.3 Å². The van der Waals surface area contributed by atoms with Crippen LogP contribution in [-0.4, -0.2) is 25.9 Å². The highest BCUT2D eigenvalue weighted by Gasteiger charge is 2.23. The monoisotopic (exact) mass is 277 g/mol. The van der Waals surface area contributed by atoms with Crippen LogP contribution < -0.4 is 10.1 Å². The summed E-state index contributed by atoms with van der Waals surface area (Å²) in [6.07, 6.45) is 4.82. The first kappa shape index (κ1) is 15.3. The van der Waals surface area contributed by atoms with Crippen LogP contribution in [0.4, 0.5) is 0 Å². The molecule has 1 aromatic rings. The molecule has 2 rings (SSSR count). The quantitative estimate of drug-likeness (QED) is 0.786. The van der Waals surface area contributed by atoms with Gasteiger partial charge in [0.05, 0.1) is 12.7 Å². The SMILES string of the molecule is CCCOc1ccccc1C(CC1CCCO1)NCC. The van der Waals surface area contributed by atoms with E-state index in [-0.39, 0.29) is 0 Å². The molecule has 0 amide bonds. The Morgan fingerprint density at radius 2 is 2.20 bits per heavy atom. The molecule has 3 nitrogen and oxygen atoms in total. The zero-order valence-electron chi connectivity index (χ0n) is 12.7. The lowest BCUT2D eigenvalue weighted by Crippen LogP contribution is -2.25. The Kier molecular flexibility index (Phi) is 6.34. The molecule has 0 saturated carbocycles. The number of hydrogen-bond acceptors (Lipinski definition) is 3. The second kappa shape index (κ2) is 8.28. The summed E-state index contributed by atoms with van der Waals surface area (Å²) in [4.78, 5) is 0. The van der Waals surface area contributed by atoms with Crippen molar-refractivity contribution in [3.63, 3.8) is 0 Å². The molecule has 1 heterocycles. The minimum absolute atomic E-state index is 0.316. The lowest BCUT2D eigenvalue weighted by molar-refractivity contribution is 0.0944. The highest BCUT2D eigenvalue weighted by atomic mass is 16.5. The third kappa shape index (κ3) is 4.22. The standard InChI is InChI=1S/C17H27NO2/c1-3-11-20-17-10-6-5-9-15(17)16(18-4-2)13-14-8-7-12-19-14/h5-6,9-10,14,16,18H,3-4,7-8,11-13H2,1-2H3. The first-order valence-corrected chi connectivity index (χ1v) is 7.91. The Morgan fingerprint density at radius 1 is 1.35 bits per heavy atom. The number of hydrogen-bond donors (Lipinski definition) is 1. The van der Waals surface area contributed by atoms with E-state index in [2.05, 4.69) is 37.4 Å². The van der Waals surface area contributed by atoms with Crippen molar-refractivity contribution in [1.29, 1.82) is 0 Å². The summed E-state index contributed by atoms with van der Waals surface area (Å²) in [6.45, 7) is 6.93. The lowest BCUT2D eigenvalue weighted by atomic mass is 9.98. The van der Waals surface area contributed by atoms with Gasteiger partial charge < -0.3 is 14.8 Å². The van der Waals surface area contributed by atoms with E-state index >= 15 is 0 Å². The van der Waals surface area contributed by atoms with Crippen molar-refractivity contribution in [2.45, 2.75) is 51.7 Å². The average molecular weight is 277 g/mol. The van der Waals surface area contributed by atoms with Gasteiger partial charge in [-0.15, -0.1) is 0 Å². The van der Waals surface area contributed by atoms with Gasteiger partial charge >= 0.3 is 0 Å². The number of rotatable bonds is 8. The molecule has 0 aromatic heterocycles. The van der Waals surface area contributed by atoms with Gasteiger partial charge in [-0.1, -0.05) is 32.0 Å². The Bertz CT molecular complexity index is 388. The zero-order chi connectivity index (χ0) is 14.2. The maximum absolute atomic E-state index is 5.90. The average Bonchev–Trinajstić information content (AvgIpc) is 2.98. The van der Waals surface area contributed by atoms with Crippen molar-refractivity contribution in [3.8, 4) is 5.75 Å². The summed E-state index contributed by atoms with van der Waals surface area (Å²) < 4.78 is 11.7. The second-order valence-corrected chi connectivity index (χ2v) is 5.37. The number of para-hydroxylation sites is 1. The molecule has 1 aliphatic rings. The Hall–Kier alpha value is -1.06. The van der Waals surface area contributed by atoms with Gasteiger partial charge in [0.25, 0.3) is 0 Å². The second-order valence-electron chi connectivity index (χ2n) is 5.37. The van der Waals surface area contributed by atoms with Gasteiger partial charge in [-0.25, -0.2) is 0 Å². The first-order chi connectivity index (χ1) is 9.85. The van der Waals surface area contributed by atoms with Crippen LogP contribution in [0.5, 0.6) is 5.75 Å². The Labute approximate surface area is 122 Å². The van der Waals surface area contributed by atoms with Crippen molar-refractivity contribution in [1.82, 2.24) is 5.32 Å². The summed E-state index contributed by atoms with van der Waals surface area (Å²) in [7, 11) is 0. The van der Waals surface area contributed by atoms with E-state index in [1.54, 1.807) is 0 Å². The summed E-state index contributed by atoms with van der Waals surface area (Å²) in [5.41, 5.74) is 1.26. The normalized spacial score (nSPS) is 20.0. The molecule has 3 heteroatoms. The summed E-state index contributed by atoms with van der Waals surface area (Å²) >= 11 is 0. The van der Waals surface area contributed by atoms with E-state index in [0.717, 1.165) is 38.3 Å². The van der Waals surface area contributed by atoms with Crippen LogP contribution in [0.2, 0.25) is 0 Å². The van der Waals surface area contributed by atoms with E-state index in [1.165, 1.54) is 18.4 Å². The molecular weight excluding hydrogens is 250 g/mol. The van der Waals surface area contributed by atoms with Crippen LogP contribution >= 0.6 is 0 Å². The van der Waals surface area contributed by atoms with Gasteiger partial charge in [0.2, 0.25) is 0 Å². The molecule has 20 heavy (non-hydrogen) atoms. The van der Waals surface area contributed by atoms with Gasteiger partial charge in [-0.2, -0.15) is 0 Å². The van der Waals surface area contributed by atoms with E-state index in [0.29, 0.717) is 12.1 Å². The van der Waals surface area contributed by atoms with E-state index in [1.807, 2.05) is 6.07 Å². The molecule has 0 aliphatic carbocycles. The maximum atomic E-state index is 5.90. The van der Waals surface area contributed by atoms with Gasteiger partial charge in [0.15, 0.2) is 0 Å². The third-order valence-corrected chi connectivity index (χ3v) is 3.73. The van der Waals surface area contributed by atoms with Crippen molar-refractivity contribution >= 4 is 0 Å². The molecule has 112 valence electrons. The fourth-order valence-electron chi connectivity index (χ4n) is 2.77. The van der Waals surface area contributed by atoms with Crippen LogP contribution in [0.3, 0.4) is 0 Å². The van der Waals surface area contributed by atoms with Gasteiger partial charge in [0, 0.05) is 18.2 Å². The zero-order valence-corrected chi connectivity index (χ0v) is 12.7. The fourth-order valence-corrected chi connectivity index (χ4v) is 2.77. The molecule has 0 radical (unpaired) electrons. The summed E-state index contributed by atoms with van der Waals surface area (Å²) in [5.74, 6) is 1.01. The summed E-state index contributed by atoms with van der Waals surface area (Å²) in [6, 6.07) is 8.70. The molecular formula is C17H27NO2. The molecule has 1 aliphatic heterocycles. The first-order valence-electron chi connectivity index (χ1n) is 7.91. The molecule has 1 N–H and O–H groups in total. The largest absolute Gasteiger partial charge is 0.493 e. The van der Waals surface area contributed by atoms with Gasteiger partial charge in [-0.3, -0.25) is 0 Å². The molecule has 0 spiro atoms. The van der Waals surface area contributed by atoms with Crippen molar-refractivity contribution < 1.29 is 9.47 Å². The molecule has 1 fully saturated rings. The Balaban J connectivity index is 2.10. The van der Waals surface area contributed by atoms with Crippen LogP contribution in [0.25, 0.3) is 0 Å². The third-order valence-electron chi connectivity index (χ3n) is 3.73. The highest BCUT2D eigenvalue weighted by Crippen LogP contribution is 2.31. The van der Waals surface area contributed by atoms with Crippen LogP contribution in [0, 0.1) is 0 Å². The van der Waals surface area contributed by atoms with E-state index in [9.17, 15) is 0 Å². The molecule has 2 unspecified atom stereocenters. The minimum Gasteiger partial charge on any atom is -0.493 e. The fraction of sp³-hybridized carbons (Fsp3) is 0.647. The Morgan fingerprint density at radius 3 is 2.90 bits per heavy atom. The molecule has 1 aromatic carbocycles. The predicted octanol–water partition coefficient (Wildman–Crippen LogP) is 3.70. The lowest BCUT2D eigenvalue weighted by Gasteiger charge is -2.24. The van der Waals surface area contributed by atoms with Crippen LogP contribution in [0.1, 0.15) is 51.1 Å². The smallest absolute Gasteiger partial charge is 0.124 e. The van der Waals surface area contributed by atoms with Crippen molar-refractivity contribution in [2.75, 3.05) is 19.8 Å². The topological polar surface area (TPSA) is 30.5 Å². The minimum atomic E-state index is 0.316. The van der Waals surface area contributed by atoms with Crippen molar-refractivity contribution in [3.05, 3.63) is 29.8 Å². The maximum Gasteiger partial charge on any atom is 0.124 e. The van der Waals surface area contributed by atoms with Crippen LogP contribution in [-0.2, 0) is 4.74 Å².